The van der Waals surface area contributed by atoms with Crippen LogP contribution < -0.4 is 0 Å². The molecule has 0 aromatic rings. The number of carbonyl (C=O) groups is 2. The molecule has 1 fully saturated rings. The Morgan fingerprint density at radius 3 is 1.94 bits per heavy atom. The van der Waals surface area contributed by atoms with Gasteiger partial charge in [0.1, 0.15) is 18.3 Å². The second-order valence-corrected chi connectivity index (χ2v) is 3.43. The average Bonchev–Trinajstić information content (AvgIpc) is 2.32. The first-order valence-corrected chi connectivity index (χ1v) is 4.63. The SMILES string of the molecule is O=C(O)C(=O)O.OC[C@]1(O)OC[C@H](O)[C@H](O)[C@H]1O. The monoisotopic (exact) mass is 270 g/mol. The van der Waals surface area contributed by atoms with Crippen molar-refractivity contribution in [2.45, 2.75) is 24.1 Å². The summed E-state index contributed by atoms with van der Waals surface area (Å²) >= 11 is 0. The number of aliphatic carboxylic acids is 2. The van der Waals surface area contributed by atoms with E-state index in [2.05, 4.69) is 4.74 Å². The number of carboxylic acid groups (broad SMARTS) is 2. The Bertz CT molecular complexity index is 292. The normalized spacial score (nSPS) is 35.3. The van der Waals surface area contributed by atoms with Gasteiger partial charge in [0.15, 0.2) is 0 Å². The molecule has 18 heavy (non-hydrogen) atoms. The molecule has 0 bridgehead atoms. The highest BCUT2D eigenvalue weighted by molar-refractivity contribution is 6.27. The van der Waals surface area contributed by atoms with Crippen LogP contribution in [0.15, 0.2) is 0 Å². The maximum atomic E-state index is 9.24. The minimum atomic E-state index is -2.17. The minimum absolute atomic E-state index is 0.324. The van der Waals surface area contributed by atoms with Gasteiger partial charge in [0, 0.05) is 0 Å². The highest BCUT2D eigenvalue weighted by Gasteiger charge is 2.47. The first-order chi connectivity index (χ1) is 8.15. The Labute approximate surface area is 100 Å². The van der Waals surface area contributed by atoms with Crippen molar-refractivity contribution in [2.24, 2.45) is 0 Å². The summed E-state index contributed by atoms with van der Waals surface area (Å²) in [6.07, 6.45) is -4.45. The van der Waals surface area contributed by atoms with Gasteiger partial charge in [-0.15, -0.1) is 0 Å². The van der Waals surface area contributed by atoms with Gasteiger partial charge < -0.3 is 40.5 Å². The number of hydrogen-bond acceptors (Lipinski definition) is 8. The Morgan fingerprint density at radius 1 is 1.17 bits per heavy atom. The number of rotatable bonds is 1. The molecular weight excluding hydrogens is 256 g/mol. The van der Waals surface area contributed by atoms with Crippen LogP contribution in [0.4, 0.5) is 0 Å². The summed E-state index contributed by atoms with van der Waals surface area (Å²) in [7, 11) is 0. The van der Waals surface area contributed by atoms with Crippen LogP contribution >= 0.6 is 0 Å². The summed E-state index contributed by atoms with van der Waals surface area (Å²) in [5.41, 5.74) is 0. The third-order valence-corrected chi connectivity index (χ3v) is 2.09. The molecule has 0 aromatic heterocycles. The van der Waals surface area contributed by atoms with Crippen LogP contribution in [-0.2, 0) is 14.3 Å². The zero-order chi connectivity index (χ0) is 14.5. The lowest BCUT2D eigenvalue weighted by molar-refractivity contribution is -0.331. The van der Waals surface area contributed by atoms with Crippen LogP contribution in [0.1, 0.15) is 0 Å². The molecule has 7 N–H and O–H groups in total. The van der Waals surface area contributed by atoms with Crippen molar-refractivity contribution in [1.29, 1.82) is 0 Å². The van der Waals surface area contributed by atoms with Crippen LogP contribution in [0.3, 0.4) is 0 Å². The van der Waals surface area contributed by atoms with Crippen molar-refractivity contribution < 1.29 is 50.1 Å². The lowest BCUT2D eigenvalue weighted by Gasteiger charge is -2.40. The van der Waals surface area contributed by atoms with Crippen LogP contribution in [0.5, 0.6) is 0 Å². The van der Waals surface area contributed by atoms with E-state index in [9.17, 15) is 5.11 Å². The first kappa shape index (κ1) is 16.7. The minimum Gasteiger partial charge on any atom is -0.473 e. The quantitative estimate of drug-likeness (QED) is 0.231. The summed E-state index contributed by atoms with van der Waals surface area (Å²) in [6.45, 7) is -1.16. The molecule has 0 aliphatic carbocycles. The van der Waals surface area contributed by atoms with Crippen molar-refractivity contribution in [2.75, 3.05) is 13.2 Å². The number of ether oxygens (including phenoxy) is 1. The average molecular weight is 270 g/mol. The third-order valence-electron chi connectivity index (χ3n) is 2.09. The van der Waals surface area contributed by atoms with Gasteiger partial charge >= 0.3 is 11.9 Å². The number of aliphatic hydroxyl groups excluding tert-OH is 4. The summed E-state index contributed by atoms with van der Waals surface area (Å²) in [5.74, 6) is -5.82. The van der Waals surface area contributed by atoms with E-state index in [0.29, 0.717) is 0 Å². The molecule has 0 unspecified atom stereocenters. The molecule has 106 valence electrons. The second-order valence-electron chi connectivity index (χ2n) is 3.43. The maximum Gasteiger partial charge on any atom is 0.414 e. The number of aliphatic hydroxyl groups is 5. The van der Waals surface area contributed by atoms with E-state index in [4.69, 9.17) is 40.2 Å². The Kier molecular flexibility index (Phi) is 6.11. The van der Waals surface area contributed by atoms with Crippen LogP contribution in [0.2, 0.25) is 0 Å². The Morgan fingerprint density at radius 2 is 1.61 bits per heavy atom. The highest BCUT2D eigenvalue weighted by atomic mass is 16.7. The van der Waals surface area contributed by atoms with Crippen molar-refractivity contribution >= 4 is 11.9 Å². The topological polar surface area (TPSA) is 185 Å². The Hall–Kier alpha value is -1.30. The predicted molar refractivity (Wildman–Crippen MR) is 51.3 cm³/mol. The van der Waals surface area contributed by atoms with Crippen molar-refractivity contribution in [1.82, 2.24) is 0 Å². The van der Waals surface area contributed by atoms with Gasteiger partial charge in [-0.05, 0) is 0 Å². The smallest absolute Gasteiger partial charge is 0.414 e. The van der Waals surface area contributed by atoms with E-state index < -0.39 is 42.6 Å². The zero-order valence-corrected chi connectivity index (χ0v) is 9.00. The molecule has 0 radical (unpaired) electrons. The van der Waals surface area contributed by atoms with E-state index in [-0.39, 0.29) is 6.61 Å². The van der Waals surface area contributed by atoms with E-state index in [1.54, 1.807) is 0 Å². The standard InChI is InChI=1S/C6H12O6.C2H2O4/c7-2-6(11)5(10)4(9)3(8)1-12-6;3-1(4)2(5)6/h3-5,7-11H,1-2H2;(H,3,4)(H,5,6)/t3-,4-,5+,6-;/m0./s1. The summed E-state index contributed by atoms with van der Waals surface area (Å²) in [6, 6.07) is 0. The zero-order valence-electron chi connectivity index (χ0n) is 9.00. The summed E-state index contributed by atoms with van der Waals surface area (Å²) in [4.78, 5) is 18.2. The lowest BCUT2D eigenvalue weighted by Crippen LogP contribution is -2.62. The first-order valence-electron chi connectivity index (χ1n) is 4.63. The number of carboxylic acids is 2. The van der Waals surface area contributed by atoms with E-state index in [0.717, 1.165) is 0 Å². The van der Waals surface area contributed by atoms with Crippen molar-refractivity contribution in [3.63, 3.8) is 0 Å². The maximum absolute atomic E-state index is 9.24. The summed E-state index contributed by atoms with van der Waals surface area (Å²) < 4.78 is 4.56. The van der Waals surface area contributed by atoms with Gasteiger partial charge in [-0.3, -0.25) is 0 Å². The van der Waals surface area contributed by atoms with E-state index >= 15 is 0 Å². The lowest BCUT2D eigenvalue weighted by atomic mass is 9.98. The fourth-order valence-corrected chi connectivity index (χ4v) is 1.03. The van der Waals surface area contributed by atoms with Crippen LogP contribution in [0.25, 0.3) is 0 Å². The molecule has 10 nitrogen and oxygen atoms in total. The van der Waals surface area contributed by atoms with Gasteiger partial charge in [-0.1, -0.05) is 0 Å². The van der Waals surface area contributed by atoms with E-state index in [1.165, 1.54) is 0 Å². The fraction of sp³-hybridized carbons (Fsp3) is 0.750. The third kappa shape index (κ3) is 4.18. The van der Waals surface area contributed by atoms with E-state index in [1.807, 2.05) is 0 Å². The molecule has 1 aliphatic rings. The molecule has 1 heterocycles. The van der Waals surface area contributed by atoms with Gasteiger partial charge in [-0.2, -0.15) is 0 Å². The van der Waals surface area contributed by atoms with Crippen LogP contribution in [0, 0.1) is 0 Å². The predicted octanol–water partition coefficient (Wildman–Crippen LogP) is -4.06. The Balaban J connectivity index is 0.000000411. The number of hydrogen-bond donors (Lipinski definition) is 7. The molecule has 10 heteroatoms. The van der Waals surface area contributed by atoms with Gasteiger partial charge in [0.05, 0.1) is 13.2 Å². The molecule has 0 aromatic carbocycles. The molecule has 0 amide bonds. The second kappa shape index (κ2) is 6.58. The fourth-order valence-electron chi connectivity index (χ4n) is 1.03. The van der Waals surface area contributed by atoms with Gasteiger partial charge in [0.2, 0.25) is 5.79 Å². The molecule has 0 spiro atoms. The molecule has 1 aliphatic heterocycles. The molecule has 0 saturated carbocycles. The largest absolute Gasteiger partial charge is 0.473 e. The molecule has 1 rings (SSSR count). The van der Waals surface area contributed by atoms with Crippen molar-refractivity contribution in [3.8, 4) is 0 Å². The molecule has 1 saturated heterocycles. The molecule has 4 atom stereocenters. The highest BCUT2D eigenvalue weighted by Crippen LogP contribution is 2.22. The molecular formula is C8H14O10. The van der Waals surface area contributed by atoms with Gasteiger partial charge in [0.25, 0.3) is 0 Å². The van der Waals surface area contributed by atoms with Crippen molar-refractivity contribution in [3.05, 3.63) is 0 Å². The van der Waals surface area contributed by atoms with Gasteiger partial charge in [-0.25, -0.2) is 9.59 Å². The van der Waals surface area contributed by atoms with Crippen LogP contribution in [-0.4, -0.2) is 85.0 Å². The summed E-state index contributed by atoms with van der Waals surface area (Å²) in [5, 5.41) is 59.8.